The van der Waals surface area contributed by atoms with E-state index in [0.29, 0.717) is 6.07 Å². The number of nitrogens with zero attached hydrogens (tertiary/aromatic N) is 3. The Morgan fingerprint density at radius 3 is 2.46 bits per heavy atom. The molecule has 1 aromatic heterocycles. The molecule has 0 atom stereocenters. The Labute approximate surface area is 143 Å². The summed E-state index contributed by atoms with van der Waals surface area (Å²) in [5.41, 5.74) is -3.09. The maximum absolute atomic E-state index is 12.8. The number of halogens is 3. The largest absolute Gasteiger partial charge is 0.619 e. The van der Waals surface area contributed by atoms with Crippen LogP contribution in [0, 0.1) is 26.7 Å². The van der Waals surface area contributed by atoms with Crippen molar-refractivity contribution in [2.24, 2.45) is 0 Å². The maximum Gasteiger partial charge on any atom is 0.422 e. The summed E-state index contributed by atoms with van der Waals surface area (Å²) in [6.07, 6.45) is -2.88. The van der Waals surface area contributed by atoms with Gasteiger partial charge in [0.05, 0.1) is 16.1 Å². The Kier molecular flexibility index (Phi) is 4.70. The fraction of sp³-hybridized carbons (Fsp3) is 0.0667. The molecular formula is C15H8F3N3O5. The zero-order valence-corrected chi connectivity index (χ0v) is 12.6. The van der Waals surface area contributed by atoms with E-state index in [1.54, 1.807) is 6.07 Å². The van der Waals surface area contributed by atoms with Gasteiger partial charge in [0, 0.05) is 6.07 Å². The molecule has 1 aromatic carbocycles. The van der Waals surface area contributed by atoms with Gasteiger partial charge in [0.1, 0.15) is 11.6 Å². The van der Waals surface area contributed by atoms with Crippen molar-refractivity contribution in [1.29, 1.82) is 5.26 Å². The smallest absolute Gasteiger partial charge is 0.422 e. The highest BCUT2D eigenvalue weighted by atomic mass is 19.4. The summed E-state index contributed by atoms with van der Waals surface area (Å²) in [6.45, 7) is 0. The predicted octanol–water partition coefficient (Wildman–Crippen LogP) is 2.72. The van der Waals surface area contributed by atoms with E-state index < -0.39 is 39.4 Å². The van der Waals surface area contributed by atoms with Crippen LogP contribution in [-0.4, -0.2) is 15.1 Å². The van der Waals surface area contributed by atoms with Crippen molar-refractivity contribution in [1.82, 2.24) is 0 Å². The van der Waals surface area contributed by atoms with Gasteiger partial charge in [-0.2, -0.15) is 23.2 Å². The first-order chi connectivity index (χ1) is 12.0. The lowest BCUT2D eigenvalue weighted by molar-refractivity contribution is -0.606. The zero-order valence-electron chi connectivity index (χ0n) is 12.6. The lowest BCUT2D eigenvalue weighted by Crippen LogP contribution is -2.28. The second kappa shape index (κ2) is 6.60. The maximum atomic E-state index is 12.8. The zero-order chi connectivity index (χ0) is 19.6. The van der Waals surface area contributed by atoms with E-state index in [2.05, 4.69) is 0 Å². The molecule has 0 bridgehead atoms. The molecule has 26 heavy (non-hydrogen) atoms. The van der Waals surface area contributed by atoms with Gasteiger partial charge in [-0.15, -0.1) is 0 Å². The van der Waals surface area contributed by atoms with Gasteiger partial charge in [-0.25, -0.2) is 0 Å². The minimum atomic E-state index is -4.82. The summed E-state index contributed by atoms with van der Waals surface area (Å²) in [5.74, 6) is -1.85. The molecule has 8 nitrogen and oxygen atoms in total. The van der Waals surface area contributed by atoms with Gasteiger partial charge in [0.2, 0.25) is 5.75 Å². The minimum Gasteiger partial charge on any atom is -0.619 e. The Hall–Kier alpha value is -3.81. The topological polar surface area (TPSA) is 134 Å². The van der Waals surface area contributed by atoms with Crippen LogP contribution >= 0.6 is 0 Å². The third-order valence-corrected chi connectivity index (χ3v) is 3.20. The molecule has 0 fully saturated rings. The molecule has 2 N–H and O–H groups in total. The fourth-order valence-corrected chi connectivity index (χ4v) is 2.05. The van der Waals surface area contributed by atoms with E-state index in [4.69, 9.17) is 0 Å². The number of phenolic OH excluding ortho intramolecular Hbond substituents is 2. The van der Waals surface area contributed by atoms with Crippen LogP contribution in [0.1, 0.15) is 16.7 Å². The molecule has 0 unspecified atom stereocenters. The highest BCUT2D eigenvalue weighted by molar-refractivity contribution is 5.90. The molecule has 0 aliphatic heterocycles. The first kappa shape index (κ1) is 18.5. The molecule has 134 valence electrons. The first-order valence-corrected chi connectivity index (χ1v) is 6.66. The Balaban J connectivity index is 2.62. The quantitative estimate of drug-likeness (QED) is 0.214. The van der Waals surface area contributed by atoms with E-state index in [1.807, 2.05) is 0 Å². The van der Waals surface area contributed by atoms with Crippen molar-refractivity contribution in [3.63, 3.8) is 0 Å². The van der Waals surface area contributed by atoms with Crippen molar-refractivity contribution in [2.45, 2.75) is 6.18 Å². The summed E-state index contributed by atoms with van der Waals surface area (Å²) >= 11 is 0. The molecule has 0 radical (unpaired) electrons. The van der Waals surface area contributed by atoms with E-state index in [9.17, 15) is 44.0 Å². The second-order valence-corrected chi connectivity index (χ2v) is 5.01. The summed E-state index contributed by atoms with van der Waals surface area (Å²) < 4.78 is 38.2. The van der Waals surface area contributed by atoms with Gasteiger partial charge < -0.3 is 15.4 Å². The average Bonchev–Trinajstić information content (AvgIpc) is 2.53. The number of pyridine rings is 1. The van der Waals surface area contributed by atoms with Crippen LogP contribution < -0.4 is 4.73 Å². The standard InChI is InChI=1S/C15H8F3N3O5/c16-15(17,18)11-4-10(6-20(24)7-11)9(5-19)1-8-2-12(21(25)26)14(23)13(22)3-8/h1-4,6-7,22-23H. The van der Waals surface area contributed by atoms with Gasteiger partial charge in [0.15, 0.2) is 18.1 Å². The molecule has 0 aliphatic rings. The van der Waals surface area contributed by atoms with Crippen LogP contribution in [0.15, 0.2) is 30.6 Å². The normalized spacial score (nSPS) is 11.8. The molecule has 0 amide bonds. The summed E-state index contributed by atoms with van der Waals surface area (Å²) in [6, 6.07) is 3.83. The number of rotatable bonds is 3. The molecule has 2 aromatic rings. The summed E-state index contributed by atoms with van der Waals surface area (Å²) in [7, 11) is 0. The molecule has 0 saturated heterocycles. The van der Waals surface area contributed by atoms with Crippen LogP contribution in [0.25, 0.3) is 11.6 Å². The number of phenols is 2. The van der Waals surface area contributed by atoms with Gasteiger partial charge in [-0.1, -0.05) is 0 Å². The van der Waals surface area contributed by atoms with E-state index in [0.717, 1.165) is 24.4 Å². The summed E-state index contributed by atoms with van der Waals surface area (Å²) in [4.78, 5) is 9.84. The number of aromatic nitrogens is 1. The number of hydrogen-bond acceptors (Lipinski definition) is 6. The Morgan fingerprint density at radius 2 is 1.92 bits per heavy atom. The molecule has 0 aliphatic carbocycles. The van der Waals surface area contributed by atoms with Crippen LogP contribution in [0.3, 0.4) is 0 Å². The highest BCUT2D eigenvalue weighted by Crippen LogP contribution is 2.37. The second-order valence-electron chi connectivity index (χ2n) is 5.01. The molecule has 2 rings (SSSR count). The van der Waals surface area contributed by atoms with Gasteiger partial charge in [-0.05, 0) is 23.8 Å². The Bertz CT molecular complexity index is 964. The van der Waals surface area contributed by atoms with Crippen LogP contribution in [0.4, 0.5) is 18.9 Å². The predicted molar refractivity (Wildman–Crippen MR) is 80.3 cm³/mol. The minimum absolute atomic E-state index is 0.125. The number of hydrogen-bond donors (Lipinski definition) is 2. The average molecular weight is 367 g/mol. The number of aromatic hydroxyl groups is 2. The monoisotopic (exact) mass is 367 g/mol. The molecular weight excluding hydrogens is 359 g/mol. The third kappa shape index (κ3) is 3.81. The van der Waals surface area contributed by atoms with Crippen LogP contribution in [0.5, 0.6) is 11.5 Å². The Morgan fingerprint density at radius 1 is 1.27 bits per heavy atom. The summed E-state index contributed by atoms with van der Waals surface area (Å²) in [5, 5.41) is 50.3. The van der Waals surface area contributed by atoms with E-state index in [-0.39, 0.29) is 22.1 Å². The molecule has 0 saturated carbocycles. The van der Waals surface area contributed by atoms with Gasteiger partial charge in [0.25, 0.3) is 0 Å². The number of allylic oxidation sites excluding steroid dienone is 1. The van der Waals surface area contributed by atoms with Crippen LogP contribution in [-0.2, 0) is 6.18 Å². The number of nitro groups is 1. The van der Waals surface area contributed by atoms with Gasteiger partial charge in [-0.3, -0.25) is 10.1 Å². The van der Waals surface area contributed by atoms with E-state index >= 15 is 0 Å². The van der Waals surface area contributed by atoms with Crippen molar-refractivity contribution in [3.05, 3.63) is 62.6 Å². The first-order valence-electron chi connectivity index (χ1n) is 6.66. The third-order valence-electron chi connectivity index (χ3n) is 3.20. The van der Waals surface area contributed by atoms with Crippen LogP contribution in [0.2, 0.25) is 0 Å². The van der Waals surface area contributed by atoms with Crippen molar-refractivity contribution < 1.29 is 33.0 Å². The molecule has 0 spiro atoms. The number of nitriles is 1. The number of nitro benzene ring substituents is 1. The van der Waals surface area contributed by atoms with Crippen molar-refractivity contribution in [2.75, 3.05) is 0 Å². The SMILES string of the molecule is N#CC(=Cc1cc(O)c(O)c([N+](=O)[O-])c1)c1cc(C(F)(F)F)c[n+]([O-])c1. The van der Waals surface area contributed by atoms with Crippen molar-refractivity contribution in [3.8, 4) is 17.6 Å². The number of benzene rings is 1. The van der Waals surface area contributed by atoms with Crippen molar-refractivity contribution >= 4 is 17.3 Å². The lowest BCUT2D eigenvalue weighted by atomic mass is 10.0. The fourth-order valence-electron chi connectivity index (χ4n) is 2.05. The molecule has 11 heteroatoms. The number of alkyl halides is 3. The van der Waals surface area contributed by atoms with E-state index in [1.165, 1.54) is 0 Å². The molecule has 1 heterocycles. The highest BCUT2D eigenvalue weighted by Gasteiger charge is 2.34. The van der Waals surface area contributed by atoms with Gasteiger partial charge >= 0.3 is 11.9 Å². The lowest BCUT2D eigenvalue weighted by Gasteiger charge is -2.08.